The van der Waals surface area contributed by atoms with Crippen LogP contribution in [0.1, 0.15) is 17.2 Å². The summed E-state index contributed by atoms with van der Waals surface area (Å²) in [6.45, 7) is 0. The highest BCUT2D eigenvalue weighted by Gasteiger charge is 2.15. The van der Waals surface area contributed by atoms with E-state index in [-0.39, 0.29) is 6.42 Å². The zero-order chi connectivity index (χ0) is 14.8. The molecule has 0 aliphatic rings. The van der Waals surface area contributed by atoms with Crippen LogP contribution in [-0.4, -0.2) is 10.1 Å². The second-order valence-electron chi connectivity index (χ2n) is 4.88. The normalized spacial score (nSPS) is 12.5. The molecule has 0 saturated carbocycles. The molecule has 106 valence electrons. The van der Waals surface area contributed by atoms with E-state index in [0.717, 1.165) is 10.9 Å². The van der Waals surface area contributed by atoms with E-state index < -0.39 is 11.9 Å². The van der Waals surface area contributed by atoms with Gasteiger partial charge in [-0.3, -0.25) is 4.98 Å². The molecular weight excluding hydrogens is 289 g/mol. The number of benzene rings is 2. The molecule has 1 heterocycles. The molecule has 1 aromatic heterocycles. The SMILES string of the molecule is OC(Cc1ccc(Cl)cc1F)c1cccc2cccnc12. The van der Waals surface area contributed by atoms with Gasteiger partial charge in [0, 0.05) is 28.6 Å². The maximum absolute atomic E-state index is 13.8. The molecule has 4 heteroatoms. The van der Waals surface area contributed by atoms with E-state index in [1.54, 1.807) is 18.3 Å². The molecule has 2 aromatic carbocycles. The molecule has 21 heavy (non-hydrogen) atoms. The van der Waals surface area contributed by atoms with Gasteiger partial charge < -0.3 is 5.11 Å². The zero-order valence-electron chi connectivity index (χ0n) is 11.1. The third kappa shape index (κ3) is 2.89. The van der Waals surface area contributed by atoms with Crippen molar-refractivity contribution >= 4 is 22.5 Å². The first kappa shape index (κ1) is 14.0. The summed E-state index contributed by atoms with van der Waals surface area (Å²) in [5, 5.41) is 11.7. The first-order valence-electron chi connectivity index (χ1n) is 6.61. The van der Waals surface area contributed by atoms with E-state index in [1.165, 1.54) is 6.07 Å². The summed E-state index contributed by atoms with van der Waals surface area (Å²) < 4.78 is 13.8. The highest BCUT2D eigenvalue weighted by atomic mass is 35.5. The molecule has 1 atom stereocenters. The summed E-state index contributed by atoms with van der Waals surface area (Å²) in [4.78, 5) is 4.31. The molecule has 2 nitrogen and oxygen atoms in total. The van der Waals surface area contributed by atoms with Crippen molar-refractivity contribution in [1.29, 1.82) is 0 Å². The fraction of sp³-hybridized carbons (Fsp3) is 0.118. The highest BCUT2D eigenvalue weighted by molar-refractivity contribution is 6.30. The molecule has 0 aliphatic carbocycles. The monoisotopic (exact) mass is 301 g/mol. The van der Waals surface area contributed by atoms with E-state index in [4.69, 9.17) is 11.6 Å². The average Bonchev–Trinajstić information content (AvgIpc) is 2.49. The molecule has 0 radical (unpaired) electrons. The van der Waals surface area contributed by atoms with E-state index in [0.29, 0.717) is 16.1 Å². The Morgan fingerprint density at radius 1 is 1.14 bits per heavy atom. The van der Waals surface area contributed by atoms with Gasteiger partial charge in [-0.25, -0.2) is 4.39 Å². The van der Waals surface area contributed by atoms with Crippen LogP contribution in [0.2, 0.25) is 5.02 Å². The molecule has 1 N–H and O–H groups in total. The van der Waals surface area contributed by atoms with Gasteiger partial charge in [-0.1, -0.05) is 41.9 Å². The Balaban J connectivity index is 1.95. The smallest absolute Gasteiger partial charge is 0.127 e. The minimum atomic E-state index is -0.820. The standard InChI is InChI=1S/C17H13ClFNO/c18-13-7-6-12(15(19)10-13)9-16(21)14-5-1-3-11-4-2-8-20-17(11)14/h1-8,10,16,21H,9H2. The van der Waals surface area contributed by atoms with Gasteiger partial charge in [0.2, 0.25) is 0 Å². The first-order valence-corrected chi connectivity index (χ1v) is 6.98. The summed E-state index contributed by atoms with van der Waals surface area (Å²) in [5.74, 6) is -0.408. The molecule has 0 spiro atoms. The van der Waals surface area contributed by atoms with Crippen molar-refractivity contribution in [2.24, 2.45) is 0 Å². The van der Waals surface area contributed by atoms with E-state index in [1.807, 2.05) is 30.3 Å². The van der Waals surface area contributed by atoms with Gasteiger partial charge >= 0.3 is 0 Å². The van der Waals surface area contributed by atoms with Crippen LogP contribution < -0.4 is 0 Å². The molecule has 0 saturated heterocycles. The molecule has 0 fully saturated rings. The number of rotatable bonds is 3. The van der Waals surface area contributed by atoms with Crippen LogP contribution in [0.15, 0.2) is 54.7 Å². The number of nitrogens with zero attached hydrogens (tertiary/aromatic N) is 1. The summed E-state index contributed by atoms with van der Waals surface area (Å²) >= 11 is 5.74. The lowest BCUT2D eigenvalue weighted by Gasteiger charge is -2.13. The third-order valence-electron chi connectivity index (χ3n) is 3.45. The van der Waals surface area contributed by atoms with Crippen LogP contribution in [0.3, 0.4) is 0 Å². The Morgan fingerprint density at radius 2 is 1.95 bits per heavy atom. The summed E-state index contributed by atoms with van der Waals surface area (Å²) in [6, 6.07) is 13.9. The minimum Gasteiger partial charge on any atom is -0.388 e. The highest BCUT2D eigenvalue weighted by Crippen LogP contribution is 2.26. The Kier molecular flexibility index (Phi) is 3.86. The van der Waals surface area contributed by atoms with Gasteiger partial charge in [0.1, 0.15) is 5.82 Å². The van der Waals surface area contributed by atoms with Crippen molar-refractivity contribution in [3.63, 3.8) is 0 Å². The first-order chi connectivity index (χ1) is 10.1. The van der Waals surface area contributed by atoms with E-state index in [2.05, 4.69) is 4.98 Å². The van der Waals surface area contributed by atoms with E-state index >= 15 is 0 Å². The topological polar surface area (TPSA) is 33.1 Å². The van der Waals surface area contributed by atoms with Gasteiger partial charge in [-0.2, -0.15) is 0 Å². The minimum absolute atomic E-state index is 0.179. The van der Waals surface area contributed by atoms with Gasteiger partial charge in [-0.15, -0.1) is 0 Å². The largest absolute Gasteiger partial charge is 0.388 e. The quantitative estimate of drug-likeness (QED) is 0.782. The molecule has 0 bridgehead atoms. The maximum Gasteiger partial charge on any atom is 0.127 e. The maximum atomic E-state index is 13.8. The average molecular weight is 302 g/mol. The number of pyridine rings is 1. The van der Waals surface area contributed by atoms with Crippen molar-refractivity contribution < 1.29 is 9.50 Å². The second-order valence-corrected chi connectivity index (χ2v) is 5.31. The summed E-state index contributed by atoms with van der Waals surface area (Å²) in [5.41, 5.74) is 1.86. The van der Waals surface area contributed by atoms with Crippen LogP contribution in [0.5, 0.6) is 0 Å². The summed E-state index contributed by atoms with van der Waals surface area (Å²) in [6.07, 6.45) is 1.04. The number of halogens is 2. The Bertz CT molecular complexity index is 785. The fourth-order valence-electron chi connectivity index (χ4n) is 2.40. The number of aromatic nitrogens is 1. The lowest BCUT2D eigenvalue weighted by molar-refractivity contribution is 0.178. The predicted octanol–water partition coefficient (Wildman–Crippen LogP) is 4.30. The van der Waals surface area contributed by atoms with Gasteiger partial charge in [0.15, 0.2) is 0 Å². The molecular formula is C17H13ClFNO. The molecule has 3 rings (SSSR count). The van der Waals surface area contributed by atoms with Crippen LogP contribution >= 0.6 is 11.6 Å². The van der Waals surface area contributed by atoms with E-state index in [9.17, 15) is 9.50 Å². The molecule has 1 unspecified atom stereocenters. The van der Waals surface area contributed by atoms with Gasteiger partial charge in [-0.05, 0) is 23.8 Å². The lowest BCUT2D eigenvalue weighted by Crippen LogP contribution is -2.05. The van der Waals surface area contributed by atoms with Crippen LogP contribution in [-0.2, 0) is 6.42 Å². The third-order valence-corrected chi connectivity index (χ3v) is 3.69. The molecule has 0 aliphatic heterocycles. The van der Waals surface area contributed by atoms with Crippen LogP contribution in [0.4, 0.5) is 4.39 Å². The second kappa shape index (κ2) is 5.80. The van der Waals surface area contributed by atoms with Crippen LogP contribution in [0.25, 0.3) is 10.9 Å². The molecule has 3 aromatic rings. The number of aliphatic hydroxyl groups is 1. The Morgan fingerprint density at radius 3 is 2.76 bits per heavy atom. The van der Waals surface area contributed by atoms with Crippen molar-refractivity contribution in [1.82, 2.24) is 4.98 Å². The number of aliphatic hydroxyl groups excluding tert-OH is 1. The van der Waals surface area contributed by atoms with Crippen molar-refractivity contribution in [3.05, 3.63) is 76.7 Å². The van der Waals surface area contributed by atoms with Gasteiger partial charge in [0.05, 0.1) is 11.6 Å². The molecule has 0 amide bonds. The number of hydrogen-bond donors (Lipinski definition) is 1. The number of para-hydroxylation sites is 1. The zero-order valence-corrected chi connectivity index (χ0v) is 11.9. The number of fused-ring (bicyclic) bond motifs is 1. The van der Waals surface area contributed by atoms with Crippen LogP contribution in [0, 0.1) is 5.82 Å². The fourth-order valence-corrected chi connectivity index (χ4v) is 2.56. The van der Waals surface area contributed by atoms with Crippen molar-refractivity contribution in [2.45, 2.75) is 12.5 Å². The summed E-state index contributed by atoms with van der Waals surface area (Å²) in [7, 11) is 0. The van der Waals surface area contributed by atoms with Crippen molar-refractivity contribution in [2.75, 3.05) is 0 Å². The lowest BCUT2D eigenvalue weighted by atomic mass is 9.98. The Hall–Kier alpha value is -1.97. The number of hydrogen-bond acceptors (Lipinski definition) is 2. The van der Waals surface area contributed by atoms with Gasteiger partial charge in [0.25, 0.3) is 0 Å². The Labute approximate surface area is 126 Å². The predicted molar refractivity (Wildman–Crippen MR) is 81.8 cm³/mol. The van der Waals surface area contributed by atoms with Crippen molar-refractivity contribution in [3.8, 4) is 0 Å².